The second kappa shape index (κ2) is 6.40. The van der Waals surface area contributed by atoms with E-state index in [-0.39, 0.29) is 0 Å². The number of rotatable bonds is 4. The highest BCUT2D eigenvalue weighted by molar-refractivity contribution is 5.47. The molecule has 2 N–H and O–H groups in total. The molecule has 0 unspecified atom stereocenters. The van der Waals surface area contributed by atoms with Crippen molar-refractivity contribution in [2.24, 2.45) is 0 Å². The highest BCUT2D eigenvalue weighted by Gasteiger charge is 2.22. The first-order valence-corrected chi connectivity index (χ1v) is 8.52. The van der Waals surface area contributed by atoms with E-state index in [1.54, 1.807) is 6.20 Å². The van der Waals surface area contributed by atoms with E-state index in [9.17, 15) is 5.11 Å². The number of aromatic nitrogens is 2. The molecule has 1 aromatic heterocycles. The van der Waals surface area contributed by atoms with Gasteiger partial charge in [-0.25, -0.2) is 4.98 Å². The van der Waals surface area contributed by atoms with Gasteiger partial charge in [-0.15, -0.1) is 0 Å². The van der Waals surface area contributed by atoms with E-state index in [4.69, 9.17) is 0 Å². The Balaban J connectivity index is 1.80. The molecule has 1 aromatic carbocycles. The lowest BCUT2D eigenvalue weighted by molar-refractivity contribution is 0.0785. The summed E-state index contributed by atoms with van der Waals surface area (Å²) in [6, 6.07) is 8.56. The van der Waals surface area contributed by atoms with E-state index >= 15 is 0 Å². The van der Waals surface area contributed by atoms with E-state index in [2.05, 4.69) is 46.2 Å². The molecule has 0 bridgehead atoms. The number of benzene rings is 1. The monoisotopic (exact) mass is 326 g/mol. The lowest BCUT2D eigenvalue weighted by Crippen LogP contribution is -2.31. The molecule has 0 spiro atoms. The van der Waals surface area contributed by atoms with Crippen molar-refractivity contribution in [3.05, 3.63) is 47.2 Å². The third-order valence-electron chi connectivity index (χ3n) is 4.31. The second-order valence-corrected chi connectivity index (χ2v) is 7.25. The molecule has 24 heavy (non-hydrogen) atoms. The molecule has 1 aliphatic rings. The van der Waals surface area contributed by atoms with Crippen molar-refractivity contribution in [2.45, 2.75) is 52.3 Å². The molecule has 5 heteroatoms. The van der Waals surface area contributed by atoms with E-state index < -0.39 is 5.60 Å². The maximum absolute atomic E-state index is 10.2. The molecule has 5 nitrogen and oxygen atoms in total. The maximum atomic E-state index is 10.2. The van der Waals surface area contributed by atoms with Gasteiger partial charge in [-0.2, -0.15) is 4.98 Å². The average Bonchev–Trinajstić information content (AvgIpc) is 2.52. The van der Waals surface area contributed by atoms with Crippen molar-refractivity contribution >= 4 is 11.8 Å². The molecule has 0 saturated heterocycles. The summed E-state index contributed by atoms with van der Waals surface area (Å²) >= 11 is 0. The van der Waals surface area contributed by atoms with Gasteiger partial charge < -0.3 is 15.3 Å². The van der Waals surface area contributed by atoms with Crippen LogP contribution in [0.1, 0.15) is 44.4 Å². The summed E-state index contributed by atoms with van der Waals surface area (Å²) in [7, 11) is 0. The lowest BCUT2D eigenvalue weighted by atomic mass is 9.91. The minimum atomic E-state index is -0.795. The van der Waals surface area contributed by atoms with E-state index in [1.165, 1.54) is 11.1 Å². The quantitative estimate of drug-likeness (QED) is 0.904. The van der Waals surface area contributed by atoms with Gasteiger partial charge in [-0.05, 0) is 56.9 Å². The van der Waals surface area contributed by atoms with Crippen LogP contribution in [0, 0.1) is 0 Å². The predicted molar refractivity (Wildman–Crippen MR) is 97.2 cm³/mol. The Morgan fingerprint density at radius 1 is 1.21 bits per heavy atom. The summed E-state index contributed by atoms with van der Waals surface area (Å²) in [4.78, 5) is 11.2. The van der Waals surface area contributed by atoms with Crippen LogP contribution < -0.4 is 10.2 Å². The van der Waals surface area contributed by atoms with Crippen LogP contribution in [0.25, 0.3) is 0 Å². The van der Waals surface area contributed by atoms with Gasteiger partial charge in [0.15, 0.2) is 0 Å². The van der Waals surface area contributed by atoms with Crippen molar-refractivity contribution in [3.8, 4) is 0 Å². The Morgan fingerprint density at radius 3 is 2.71 bits per heavy atom. The van der Waals surface area contributed by atoms with Crippen molar-refractivity contribution in [3.63, 3.8) is 0 Å². The summed E-state index contributed by atoms with van der Waals surface area (Å²) in [5.74, 6) is 1.62. The molecule has 128 valence electrons. The Hall–Kier alpha value is -2.14. The largest absolute Gasteiger partial charge is 0.386 e. The molecule has 0 radical (unpaired) electrons. The average molecular weight is 326 g/mol. The zero-order chi connectivity index (χ0) is 17.3. The molecule has 0 atom stereocenters. The SMILES string of the molecule is CC(C)Nc1nccc(N2CCc3cc(C(C)(C)O)ccc3C2)n1. The van der Waals surface area contributed by atoms with Crippen LogP contribution in [0.3, 0.4) is 0 Å². The summed E-state index contributed by atoms with van der Waals surface area (Å²) < 4.78 is 0. The van der Waals surface area contributed by atoms with Crippen LogP contribution >= 0.6 is 0 Å². The number of nitrogens with zero attached hydrogens (tertiary/aromatic N) is 3. The molecular weight excluding hydrogens is 300 g/mol. The second-order valence-electron chi connectivity index (χ2n) is 7.25. The zero-order valence-electron chi connectivity index (χ0n) is 14.9. The maximum Gasteiger partial charge on any atom is 0.224 e. The summed E-state index contributed by atoms with van der Waals surface area (Å²) in [6.45, 7) is 9.56. The fraction of sp³-hybridized carbons (Fsp3) is 0.474. The van der Waals surface area contributed by atoms with Gasteiger partial charge in [0.1, 0.15) is 5.82 Å². The molecule has 2 aromatic rings. The molecule has 0 fully saturated rings. The van der Waals surface area contributed by atoms with E-state index in [1.807, 2.05) is 26.0 Å². The number of anilines is 2. The molecule has 3 rings (SSSR count). The highest BCUT2D eigenvalue weighted by atomic mass is 16.3. The number of aliphatic hydroxyl groups is 1. The number of fused-ring (bicyclic) bond motifs is 1. The lowest BCUT2D eigenvalue weighted by Gasteiger charge is -2.31. The molecular formula is C19H26N4O. The first-order valence-electron chi connectivity index (χ1n) is 8.52. The smallest absolute Gasteiger partial charge is 0.224 e. The van der Waals surface area contributed by atoms with Crippen LogP contribution in [0.5, 0.6) is 0 Å². The van der Waals surface area contributed by atoms with Crippen LogP contribution in [0.15, 0.2) is 30.5 Å². The number of hydrogen-bond acceptors (Lipinski definition) is 5. The Morgan fingerprint density at radius 2 is 2.00 bits per heavy atom. The fourth-order valence-corrected chi connectivity index (χ4v) is 2.98. The minimum Gasteiger partial charge on any atom is -0.386 e. The molecule has 0 saturated carbocycles. The third-order valence-corrected chi connectivity index (χ3v) is 4.31. The number of nitrogens with one attached hydrogen (secondary N) is 1. The molecule has 0 aliphatic carbocycles. The van der Waals surface area contributed by atoms with Gasteiger partial charge in [0.05, 0.1) is 5.60 Å². The van der Waals surface area contributed by atoms with Gasteiger partial charge in [-0.1, -0.05) is 18.2 Å². The Bertz CT molecular complexity index is 722. The van der Waals surface area contributed by atoms with Crippen LogP contribution in [0.4, 0.5) is 11.8 Å². The normalized spacial score (nSPS) is 14.7. The summed E-state index contributed by atoms with van der Waals surface area (Å²) in [5, 5.41) is 13.4. The van der Waals surface area contributed by atoms with Gasteiger partial charge in [0, 0.05) is 25.3 Å². The van der Waals surface area contributed by atoms with Crippen molar-refractivity contribution in [2.75, 3.05) is 16.8 Å². The van der Waals surface area contributed by atoms with Crippen LogP contribution in [-0.2, 0) is 18.6 Å². The topological polar surface area (TPSA) is 61.3 Å². The first-order chi connectivity index (χ1) is 11.3. The van der Waals surface area contributed by atoms with Crippen molar-refractivity contribution < 1.29 is 5.11 Å². The van der Waals surface area contributed by atoms with Gasteiger partial charge in [0.25, 0.3) is 0 Å². The summed E-state index contributed by atoms with van der Waals surface area (Å²) in [6.07, 6.45) is 2.76. The van der Waals surface area contributed by atoms with Gasteiger partial charge in [-0.3, -0.25) is 0 Å². The third kappa shape index (κ3) is 3.67. The Labute approximate surface area is 143 Å². The Kier molecular flexibility index (Phi) is 4.45. The van der Waals surface area contributed by atoms with Crippen molar-refractivity contribution in [1.82, 2.24) is 9.97 Å². The van der Waals surface area contributed by atoms with E-state index in [0.29, 0.717) is 12.0 Å². The molecule has 2 heterocycles. The van der Waals surface area contributed by atoms with Gasteiger partial charge >= 0.3 is 0 Å². The molecule has 1 aliphatic heterocycles. The zero-order valence-corrected chi connectivity index (χ0v) is 14.9. The fourth-order valence-electron chi connectivity index (χ4n) is 2.98. The first kappa shape index (κ1) is 16.7. The number of hydrogen-bond donors (Lipinski definition) is 2. The van der Waals surface area contributed by atoms with Crippen molar-refractivity contribution in [1.29, 1.82) is 0 Å². The van der Waals surface area contributed by atoms with Crippen LogP contribution in [0.2, 0.25) is 0 Å². The summed E-state index contributed by atoms with van der Waals surface area (Å²) in [5.41, 5.74) is 2.79. The standard InChI is InChI=1S/C19H26N4O/c1-13(2)21-18-20-9-7-17(22-18)23-10-8-14-11-16(19(3,4)24)6-5-15(14)12-23/h5-7,9,11,13,24H,8,10,12H2,1-4H3,(H,20,21,22). The predicted octanol–water partition coefficient (Wildman–Crippen LogP) is 3.09. The minimum absolute atomic E-state index is 0.308. The van der Waals surface area contributed by atoms with Crippen LogP contribution in [-0.4, -0.2) is 27.7 Å². The molecule has 0 amide bonds. The van der Waals surface area contributed by atoms with Gasteiger partial charge in [0.2, 0.25) is 5.95 Å². The highest BCUT2D eigenvalue weighted by Crippen LogP contribution is 2.28. The van der Waals surface area contributed by atoms with E-state index in [0.717, 1.165) is 30.9 Å².